The van der Waals surface area contributed by atoms with Gasteiger partial charge in [0.05, 0.1) is 12.4 Å². The second-order valence-corrected chi connectivity index (χ2v) is 7.35. The topological polar surface area (TPSA) is 102 Å². The van der Waals surface area contributed by atoms with Gasteiger partial charge in [-0.25, -0.2) is 13.1 Å². The predicted octanol–water partition coefficient (Wildman–Crippen LogP) is -0.967. The molecule has 0 bridgehead atoms. The molecule has 0 saturated carbocycles. The van der Waals surface area contributed by atoms with E-state index in [1.54, 1.807) is 4.90 Å². The Morgan fingerprint density at radius 2 is 2.15 bits per heavy atom. The molecule has 0 aromatic carbocycles. The Morgan fingerprint density at radius 3 is 2.75 bits per heavy atom. The fourth-order valence-electron chi connectivity index (χ4n) is 2.84. The number of piperidine rings is 1. The number of likely N-dealkylation sites (tertiary alicyclic amines) is 1. The van der Waals surface area contributed by atoms with Crippen molar-refractivity contribution in [1.82, 2.24) is 9.62 Å². The summed E-state index contributed by atoms with van der Waals surface area (Å²) in [5.41, 5.74) is 5.54. The molecule has 2 aliphatic rings. The Bertz CT molecular complexity index is 454. The fraction of sp³-hybridized carbons (Fsp3) is 0.917. The van der Waals surface area contributed by atoms with Gasteiger partial charge < -0.3 is 15.4 Å². The minimum Gasteiger partial charge on any atom is -0.364 e. The van der Waals surface area contributed by atoms with Gasteiger partial charge in [-0.1, -0.05) is 0 Å². The maximum absolute atomic E-state index is 12.4. The van der Waals surface area contributed by atoms with Crippen molar-refractivity contribution in [2.45, 2.75) is 43.9 Å². The predicted molar refractivity (Wildman–Crippen MR) is 74.5 cm³/mol. The van der Waals surface area contributed by atoms with E-state index in [0.717, 1.165) is 25.5 Å². The Kier molecular flexibility index (Phi) is 5.00. The standard InChI is InChI=1S/C12H23N3O4S/c1-20(17,18)14-9-3-2-6-15(8-9)12(16)11-5-4-10(7-13)19-11/h9-11,14H,2-8,13H2,1H3. The number of hydrogen-bond donors (Lipinski definition) is 2. The van der Waals surface area contributed by atoms with Crippen molar-refractivity contribution in [3.63, 3.8) is 0 Å². The lowest BCUT2D eigenvalue weighted by atomic mass is 10.1. The van der Waals surface area contributed by atoms with Gasteiger partial charge in [0.15, 0.2) is 0 Å². The fourth-order valence-corrected chi connectivity index (χ4v) is 3.64. The Hall–Kier alpha value is -0.700. The van der Waals surface area contributed by atoms with Crippen LogP contribution < -0.4 is 10.5 Å². The molecule has 0 aromatic rings. The molecule has 2 fully saturated rings. The molecule has 2 aliphatic heterocycles. The van der Waals surface area contributed by atoms with Crippen LogP contribution in [0.4, 0.5) is 0 Å². The molecular weight excluding hydrogens is 282 g/mol. The van der Waals surface area contributed by atoms with Gasteiger partial charge in [0, 0.05) is 25.7 Å². The van der Waals surface area contributed by atoms with E-state index in [4.69, 9.17) is 10.5 Å². The van der Waals surface area contributed by atoms with Crippen molar-refractivity contribution in [3.8, 4) is 0 Å². The van der Waals surface area contributed by atoms with Crippen LogP contribution in [0.1, 0.15) is 25.7 Å². The largest absolute Gasteiger partial charge is 0.364 e. The number of ether oxygens (including phenoxy) is 1. The average Bonchev–Trinajstić information content (AvgIpc) is 2.85. The number of nitrogens with two attached hydrogens (primary N) is 1. The molecule has 2 heterocycles. The molecule has 0 aliphatic carbocycles. The van der Waals surface area contributed by atoms with E-state index in [9.17, 15) is 13.2 Å². The zero-order valence-electron chi connectivity index (χ0n) is 11.7. The Balaban J connectivity index is 1.90. The van der Waals surface area contributed by atoms with Crippen molar-refractivity contribution in [3.05, 3.63) is 0 Å². The molecular formula is C12H23N3O4S. The number of nitrogens with one attached hydrogen (secondary N) is 1. The first-order valence-corrected chi connectivity index (χ1v) is 8.90. The lowest BCUT2D eigenvalue weighted by molar-refractivity contribution is -0.144. The van der Waals surface area contributed by atoms with Gasteiger partial charge in [-0.15, -0.1) is 0 Å². The molecule has 116 valence electrons. The van der Waals surface area contributed by atoms with Gasteiger partial charge in [0.2, 0.25) is 10.0 Å². The van der Waals surface area contributed by atoms with Gasteiger partial charge >= 0.3 is 0 Å². The SMILES string of the molecule is CS(=O)(=O)NC1CCCN(C(=O)C2CCC(CN)O2)C1. The lowest BCUT2D eigenvalue weighted by Gasteiger charge is -2.34. The molecule has 2 saturated heterocycles. The quantitative estimate of drug-likeness (QED) is 0.696. The third-order valence-electron chi connectivity index (χ3n) is 3.76. The van der Waals surface area contributed by atoms with Gasteiger partial charge in [0.25, 0.3) is 5.91 Å². The summed E-state index contributed by atoms with van der Waals surface area (Å²) in [6, 6.07) is -0.200. The van der Waals surface area contributed by atoms with E-state index < -0.39 is 16.1 Å². The van der Waals surface area contributed by atoms with Crippen molar-refractivity contribution in [1.29, 1.82) is 0 Å². The monoisotopic (exact) mass is 305 g/mol. The van der Waals surface area contributed by atoms with Crippen molar-refractivity contribution < 1.29 is 17.9 Å². The van der Waals surface area contributed by atoms with Crippen LogP contribution in [0.3, 0.4) is 0 Å². The molecule has 20 heavy (non-hydrogen) atoms. The maximum Gasteiger partial charge on any atom is 0.251 e. The van der Waals surface area contributed by atoms with Crippen LogP contribution in [-0.4, -0.2) is 63.4 Å². The van der Waals surface area contributed by atoms with Gasteiger partial charge in [-0.05, 0) is 25.7 Å². The zero-order valence-corrected chi connectivity index (χ0v) is 12.6. The number of carbonyl (C=O) groups is 1. The van der Waals surface area contributed by atoms with Crippen LogP contribution in [-0.2, 0) is 19.6 Å². The zero-order chi connectivity index (χ0) is 14.8. The Morgan fingerprint density at radius 1 is 1.40 bits per heavy atom. The first kappa shape index (κ1) is 15.7. The molecule has 2 rings (SSSR count). The van der Waals surface area contributed by atoms with E-state index in [1.165, 1.54) is 0 Å². The number of rotatable bonds is 4. The molecule has 7 nitrogen and oxygen atoms in total. The smallest absolute Gasteiger partial charge is 0.251 e. The maximum atomic E-state index is 12.4. The van der Waals surface area contributed by atoms with Crippen LogP contribution in [0.15, 0.2) is 0 Å². The third-order valence-corrected chi connectivity index (χ3v) is 4.52. The lowest BCUT2D eigenvalue weighted by Crippen LogP contribution is -2.51. The molecule has 0 spiro atoms. The summed E-state index contributed by atoms with van der Waals surface area (Å²) in [7, 11) is -3.24. The van der Waals surface area contributed by atoms with Crippen molar-refractivity contribution in [2.75, 3.05) is 25.9 Å². The summed E-state index contributed by atoms with van der Waals surface area (Å²) < 4.78 is 30.7. The summed E-state index contributed by atoms with van der Waals surface area (Å²) in [6.07, 6.45) is 3.76. The van der Waals surface area contributed by atoms with Gasteiger partial charge in [-0.3, -0.25) is 4.79 Å². The Labute approximate surface area is 119 Å². The number of carbonyl (C=O) groups excluding carboxylic acids is 1. The van der Waals surface area contributed by atoms with Crippen LogP contribution in [0, 0.1) is 0 Å². The van der Waals surface area contributed by atoms with Crippen molar-refractivity contribution >= 4 is 15.9 Å². The number of nitrogens with zero attached hydrogens (tertiary/aromatic N) is 1. The van der Waals surface area contributed by atoms with E-state index in [-0.39, 0.29) is 18.1 Å². The molecule has 3 unspecified atom stereocenters. The van der Waals surface area contributed by atoms with Crippen LogP contribution in [0.25, 0.3) is 0 Å². The second-order valence-electron chi connectivity index (χ2n) is 5.57. The molecule has 3 atom stereocenters. The number of amides is 1. The highest BCUT2D eigenvalue weighted by Crippen LogP contribution is 2.22. The van der Waals surface area contributed by atoms with Crippen LogP contribution >= 0.6 is 0 Å². The molecule has 0 aromatic heterocycles. The van der Waals surface area contributed by atoms with E-state index >= 15 is 0 Å². The summed E-state index contributed by atoms with van der Waals surface area (Å²) in [5.74, 6) is -0.0408. The second kappa shape index (κ2) is 6.38. The first-order valence-electron chi connectivity index (χ1n) is 7.00. The van der Waals surface area contributed by atoms with Crippen LogP contribution in [0.2, 0.25) is 0 Å². The summed E-state index contributed by atoms with van der Waals surface area (Å²) in [6.45, 7) is 1.51. The highest BCUT2D eigenvalue weighted by molar-refractivity contribution is 7.88. The minimum absolute atomic E-state index is 0.0290. The highest BCUT2D eigenvalue weighted by atomic mass is 32.2. The molecule has 8 heteroatoms. The normalized spacial score (nSPS) is 31.5. The molecule has 1 amide bonds. The number of hydrogen-bond acceptors (Lipinski definition) is 5. The summed E-state index contributed by atoms with van der Waals surface area (Å²) in [5, 5.41) is 0. The van der Waals surface area contributed by atoms with Crippen LogP contribution in [0.5, 0.6) is 0 Å². The highest BCUT2D eigenvalue weighted by Gasteiger charge is 2.35. The minimum atomic E-state index is -3.24. The van der Waals surface area contributed by atoms with E-state index in [2.05, 4.69) is 4.72 Å². The van der Waals surface area contributed by atoms with Crippen molar-refractivity contribution in [2.24, 2.45) is 5.73 Å². The van der Waals surface area contributed by atoms with Gasteiger partial charge in [-0.2, -0.15) is 0 Å². The number of sulfonamides is 1. The summed E-state index contributed by atoms with van der Waals surface area (Å²) >= 11 is 0. The molecule has 0 radical (unpaired) electrons. The van der Waals surface area contributed by atoms with E-state index in [1.807, 2.05) is 0 Å². The first-order chi connectivity index (χ1) is 9.39. The summed E-state index contributed by atoms with van der Waals surface area (Å²) in [4.78, 5) is 14.1. The molecule has 3 N–H and O–H groups in total. The third kappa shape index (κ3) is 4.15. The van der Waals surface area contributed by atoms with Gasteiger partial charge in [0.1, 0.15) is 6.10 Å². The van der Waals surface area contributed by atoms with E-state index in [0.29, 0.717) is 26.1 Å². The average molecular weight is 305 g/mol.